The molecule has 1 amide bonds. The van der Waals surface area contributed by atoms with Gasteiger partial charge in [0.25, 0.3) is 5.91 Å². The normalized spacial score (nSPS) is 10.2. The summed E-state index contributed by atoms with van der Waals surface area (Å²) in [5.41, 5.74) is 3.25. The fraction of sp³-hybridized carbons (Fsp3) is 0.312. The fourth-order valence-corrected chi connectivity index (χ4v) is 1.87. The molecule has 2 aromatic rings. The molecule has 2 aromatic heterocycles. The van der Waals surface area contributed by atoms with Gasteiger partial charge in [0, 0.05) is 24.6 Å². The minimum atomic E-state index is -0.211. The van der Waals surface area contributed by atoms with Gasteiger partial charge in [0.2, 0.25) is 0 Å². The van der Waals surface area contributed by atoms with Gasteiger partial charge in [-0.3, -0.25) is 9.78 Å². The molecule has 21 heavy (non-hydrogen) atoms. The number of amides is 1. The lowest BCUT2D eigenvalue weighted by Gasteiger charge is -2.12. The number of hydrogen-bond donors (Lipinski definition) is 2. The maximum Gasteiger partial charge on any atom is 0.260 e. The second-order valence-corrected chi connectivity index (χ2v) is 4.97. The van der Waals surface area contributed by atoms with Crippen LogP contribution >= 0.6 is 0 Å². The van der Waals surface area contributed by atoms with Crippen LogP contribution in [0.3, 0.4) is 0 Å². The Labute approximate surface area is 124 Å². The van der Waals surface area contributed by atoms with Crippen molar-refractivity contribution < 1.29 is 4.79 Å². The summed E-state index contributed by atoms with van der Waals surface area (Å²) in [4.78, 5) is 20.7. The predicted molar refractivity (Wildman–Crippen MR) is 84.7 cm³/mol. The zero-order chi connectivity index (χ0) is 15.2. The average molecular weight is 284 g/mol. The van der Waals surface area contributed by atoms with Crippen molar-refractivity contribution in [2.24, 2.45) is 0 Å². The summed E-state index contributed by atoms with van der Waals surface area (Å²) < 4.78 is 0. The zero-order valence-electron chi connectivity index (χ0n) is 12.6. The standard InChI is InChI=1S/C16H20N4O/c1-4-7-17-14-8-12(3)18-10-13(14)16(21)20-15-6-5-11(2)9-19-15/h5-6,8-10H,4,7H2,1-3H3,(H,17,18)(H,19,20,21). The first-order valence-electron chi connectivity index (χ1n) is 7.04. The van der Waals surface area contributed by atoms with E-state index in [1.807, 2.05) is 26.0 Å². The number of nitrogens with one attached hydrogen (secondary N) is 2. The largest absolute Gasteiger partial charge is 0.384 e. The monoisotopic (exact) mass is 284 g/mol. The van der Waals surface area contributed by atoms with E-state index in [2.05, 4.69) is 27.5 Å². The van der Waals surface area contributed by atoms with Gasteiger partial charge in [-0.15, -0.1) is 0 Å². The van der Waals surface area contributed by atoms with Crippen molar-refractivity contribution in [1.29, 1.82) is 0 Å². The number of pyridine rings is 2. The van der Waals surface area contributed by atoms with E-state index in [0.29, 0.717) is 11.4 Å². The molecule has 0 bridgehead atoms. The Hall–Kier alpha value is -2.43. The van der Waals surface area contributed by atoms with Crippen molar-refractivity contribution in [2.75, 3.05) is 17.2 Å². The molecule has 0 unspecified atom stereocenters. The predicted octanol–water partition coefficient (Wildman–Crippen LogP) is 3.17. The van der Waals surface area contributed by atoms with E-state index in [-0.39, 0.29) is 5.91 Å². The van der Waals surface area contributed by atoms with Crippen LogP contribution in [0.4, 0.5) is 11.5 Å². The van der Waals surface area contributed by atoms with E-state index >= 15 is 0 Å². The van der Waals surface area contributed by atoms with E-state index in [4.69, 9.17) is 0 Å². The van der Waals surface area contributed by atoms with Crippen LogP contribution in [0, 0.1) is 13.8 Å². The minimum Gasteiger partial charge on any atom is -0.384 e. The molecule has 5 nitrogen and oxygen atoms in total. The van der Waals surface area contributed by atoms with E-state index in [9.17, 15) is 4.79 Å². The lowest BCUT2D eigenvalue weighted by molar-refractivity contribution is 0.102. The van der Waals surface area contributed by atoms with E-state index in [0.717, 1.165) is 29.9 Å². The maximum atomic E-state index is 12.4. The van der Waals surface area contributed by atoms with Crippen molar-refractivity contribution in [1.82, 2.24) is 9.97 Å². The molecular formula is C16H20N4O. The quantitative estimate of drug-likeness (QED) is 0.885. The molecule has 110 valence electrons. The van der Waals surface area contributed by atoms with Gasteiger partial charge in [0.15, 0.2) is 0 Å². The van der Waals surface area contributed by atoms with Crippen molar-refractivity contribution in [3.8, 4) is 0 Å². The highest BCUT2D eigenvalue weighted by Gasteiger charge is 2.13. The first-order chi connectivity index (χ1) is 10.1. The van der Waals surface area contributed by atoms with Gasteiger partial charge in [-0.25, -0.2) is 4.98 Å². The highest BCUT2D eigenvalue weighted by Crippen LogP contribution is 2.17. The highest BCUT2D eigenvalue weighted by atomic mass is 16.1. The number of rotatable bonds is 5. The summed E-state index contributed by atoms with van der Waals surface area (Å²) >= 11 is 0. The molecule has 2 heterocycles. The van der Waals surface area contributed by atoms with Crippen LogP contribution in [0.15, 0.2) is 30.6 Å². The Morgan fingerprint density at radius 2 is 2.00 bits per heavy atom. The molecule has 0 aromatic carbocycles. The summed E-state index contributed by atoms with van der Waals surface area (Å²) in [6.45, 7) is 6.75. The van der Waals surface area contributed by atoms with Crippen LogP contribution in [-0.4, -0.2) is 22.4 Å². The van der Waals surface area contributed by atoms with Crippen LogP contribution < -0.4 is 10.6 Å². The second-order valence-electron chi connectivity index (χ2n) is 4.97. The molecule has 0 fully saturated rings. The van der Waals surface area contributed by atoms with Crippen LogP contribution in [-0.2, 0) is 0 Å². The van der Waals surface area contributed by atoms with Gasteiger partial charge in [-0.05, 0) is 38.0 Å². The zero-order valence-corrected chi connectivity index (χ0v) is 12.6. The number of anilines is 2. The molecule has 0 radical (unpaired) electrons. The molecule has 0 atom stereocenters. The highest BCUT2D eigenvalue weighted by molar-refractivity contribution is 6.07. The van der Waals surface area contributed by atoms with Crippen LogP contribution in [0.5, 0.6) is 0 Å². The van der Waals surface area contributed by atoms with Crippen LogP contribution in [0.1, 0.15) is 35.0 Å². The number of carbonyl (C=O) groups is 1. The Morgan fingerprint density at radius 1 is 1.19 bits per heavy atom. The smallest absolute Gasteiger partial charge is 0.260 e. The Bertz CT molecular complexity index is 623. The maximum absolute atomic E-state index is 12.4. The third-order valence-corrected chi connectivity index (χ3v) is 3.00. The Balaban J connectivity index is 2.19. The lowest BCUT2D eigenvalue weighted by atomic mass is 10.2. The van der Waals surface area contributed by atoms with Gasteiger partial charge < -0.3 is 10.6 Å². The van der Waals surface area contributed by atoms with Gasteiger partial charge in [-0.1, -0.05) is 13.0 Å². The third kappa shape index (κ3) is 4.02. The number of hydrogen-bond acceptors (Lipinski definition) is 4. The van der Waals surface area contributed by atoms with Gasteiger partial charge in [0.1, 0.15) is 5.82 Å². The van der Waals surface area contributed by atoms with Gasteiger partial charge in [-0.2, -0.15) is 0 Å². The fourth-order valence-electron chi connectivity index (χ4n) is 1.87. The van der Waals surface area contributed by atoms with Gasteiger partial charge in [0.05, 0.1) is 11.3 Å². The average Bonchev–Trinajstić information content (AvgIpc) is 2.47. The van der Waals surface area contributed by atoms with Crippen molar-refractivity contribution >= 4 is 17.4 Å². The number of carbonyl (C=O) groups excluding carboxylic acids is 1. The molecular weight excluding hydrogens is 264 g/mol. The number of nitrogens with zero attached hydrogens (tertiary/aromatic N) is 2. The van der Waals surface area contributed by atoms with Crippen molar-refractivity contribution in [3.63, 3.8) is 0 Å². The summed E-state index contributed by atoms with van der Waals surface area (Å²) in [5, 5.41) is 6.05. The lowest BCUT2D eigenvalue weighted by Crippen LogP contribution is -2.16. The van der Waals surface area contributed by atoms with E-state index in [1.165, 1.54) is 0 Å². The van der Waals surface area contributed by atoms with Crippen LogP contribution in [0.2, 0.25) is 0 Å². The molecule has 2 rings (SSSR count). The molecule has 0 aliphatic rings. The van der Waals surface area contributed by atoms with Crippen molar-refractivity contribution in [2.45, 2.75) is 27.2 Å². The van der Waals surface area contributed by atoms with Crippen molar-refractivity contribution in [3.05, 3.63) is 47.4 Å². The Kier molecular flexibility index (Phi) is 4.87. The molecule has 0 saturated carbocycles. The molecule has 0 aliphatic heterocycles. The first-order valence-corrected chi connectivity index (χ1v) is 7.04. The second kappa shape index (κ2) is 6.83. The number of aromatic nitrogens is 2. The summed E-state index contributed by atoms with van der Waals surface area (Å²) in [6.07, 6.45) is 4.30. The Morgan fingerprint density at radius 3 is 2.67 bits per heavy atom. The summed E-state index contributed by atoms with van der Waals surface area (Å²) in [7, 11) is 0. The van der Waals surface area contributed by atoms with E-state index < -0.39 is 0 Å². The topological polar surface area (TPSA) is 66.9 Å². The number of aryl methyl sites for hydroxylation is 2. The van der Waals surface area contributed by atoms with E-state index in [1.54, 1.807) is 18.5 Å². The minimum absolute atomic E-state index is 0.211. The SMILES string of the molecule is CCCNc1cc(C)ncc1C(=O)Nc1ccc(C)cn1. The molecule has 5 heteroatoms. The summed E-state index contributed by atoms with van der Waals surface area (Å²) in [5.74, 6) is 0.324. The van der Waals surface area contributed by atoms with Gasteiger partial charge >= 0.3 is 0 Å². The molecule has 0 aliphatic carbocycles. The molecule has 2 N–H and O–H groups in total. The summed E-state index contributed by atoms with van der Waals surface area (Å²) in [6, 6.07) is 5.58. The molecule has 0 spiro atoms. The third-order valence-electron chi connectivity index (χ3n) is 3.00. The van der Waals surface area contributed by atoms with Crippen LogP contribution in [0.25, 0.3) is 0 Å². The first kappa shape index (κ1) is 15.0. The molecule has 0 saturated heterocycles.